The normalized spacial score (nSPS) is 16.5. The minimum atomic E-state index is 0.388. The molecule has 2 aliphatic rings. The molecule has 32 heavy (non-hydrogen) atoms. The molecule has 1 aromatic carbocycles. The van der Waals surface area contributed by atoms with Gasteiger partial charge >= 0.3 is 0 Å². The molecule has 2 aromatic rings. The fraction of sp³-hybridized carbons (Fsp3) is 0.524. The monoisotopic (exact) mass is 443 g/mol. The van der Waals surface area contributed by atoms with Crippen molar-refractivity contribution in [2.45, 2.75) is 12.8 Å². The number of anilines is 3. The van der Waals surface area contributed by atoms with Crippen molar-refractivity contribution < 1.29 is 18.9 Å². The van der Waals surface area contributed by atoms with E-state index in [-0.39, 0.29) is 0 Å². The smallest absolute Gasteiger partial charge is 0.250 e. The van der Waals surface area contributed by atoms with Crippen LogP contribution in [0.15, 0.2) is 17.2 Å². The molecule has 2 aliphatic heterocycles. The topological polar surface area (TPSA) is 106 Å². The zero-order valence-corrected chi connectivity index (χ0v) is 18.7. The second-order valence-corrected chi connectivity index (χ2v) is 7.35. The fourth-order valence-electron chi connectivity index (χ4n) is 3.75. The molecule has 1 N–H and O–H groups in total. The number of aromatic nitrogens is 3. The second-order valence-electron chi connectivity index (χ2n) is 7.35. The summed E-state index contributed by atoms with van der Waals surface area (Å²) in [6.07, 6.45) is 3.91. The van der Waals surface area contributed by atoms with Gasteiger partial charge in [-0.15, -0.1) is 0 Å². The number of hydrogen-bond donors (Lipinski definition) is 1. The van der Waals surface area contributed by atoms with Crippen molar-refractivity contribution in [3.8, 4) is 17.2 Å². The Labute approximate surface area is 187 Å². The van der Waals surface area contributed by atoms with Gasteiger partial charge < -0.3 is 28.7 Å². The summed E-state index contributed by atoms with van der Waals surface area (Å²) in [5.74, 6) is 3.30. The molecule has 0 radical (unpaired) electrons. The molecule has 4 rings (SSSR count). The van der Waals surface area contributed by atoms with Gasteiger partial charge in [-0.05, 0) is 25.0 Å². The molecule has 0 spiro atoms. The third-order valence-corrected chi connectivity index (χ3v) is 5.40. The number of ether oxygens (including phenoxy) is 4. The summed E-state index contributed by atoms with van der Waals surface area (Å²) in [5.41, 5.74) is 3.67. The van der Waals surface area contributed by atoms with Crippen LogP contribution >= 0.6 is 0 Å². The van der Waals surface area contributed by atoms with Crippen LogP contribution in [0.3, 0.4) is 0 Å². The molecule has 0 aliphatic carbocycles. The number of nitrogens with one attached hydrogen (secondary N) is 1. The van der Waals surface area contributed by atoms with Crippen molar-refractivity contribution in [1.82, 2.24) is 15.0 Å². The summed E-state index contributed by atoms with van der Waals surface area (Å²) in [7, 11) is 4.72. The molecule has 2 saturated heterocycles. The van der Waals surface area contributed by atoms with Crippen molar-refractivity contribution >= 4 is 24.1 Å². The van der Waals surface area contributed by atoms with Crippen molar-refractivity contribution in [3.63, 3.8) is 0 Å². The van der Waals surface area contributed by atoms with Crippen molar-refractivity contribution in [3.05, 3.63) is 17.7 Å². The minimum Gasteiger partial charge on any atom is -0.493 e. The fourth-order valence-corrected chi connectivity index (χ4v) is 3.75. The highest BCUT2D eigenvalue weighted by molar-refractivity contribution is 5.86. The summed E-state index contributed by atoms with van der Waals surface area (Å²) in [6, 6.07) is 3.64. The lowest BCUT2D eigenvalue weighted by molar-refractivity contribution is 0.122. The predicted molar refractivity (Wildman–Crippen MR) is 122 cm³/mol. The van der Waals surface area contributed by atoms with Crippen LogP contribution in [0.25, 0.3) is 0 Å². The van der Waals surface area contributed by atoms with E-state index < -0.39 is 0 Å². The molecule has 11 heteroatoms. The number of rotatable bonds is 8. The third kappa shape index (κ3) is 4.77. The highest BCUT2D eigenvalue weighted by Gasteiger charge is 2.21. The summed E-state index contributed by atoms with van der Waals surface area (Å²) in [4.78, 5) is 18.2. The molecule has 0 unspecified atom stereocenters. The first-order chi connectivity index (χ1) is 15.7. The van der Waals surface area contributed by atoms with E-state index in [1.807, 2.05) is 6.07 Å². The van der Waals surface area contributed by atoms with Crippen LogP contribution in [-0.2, 0) is 4.74 Å². The number of hydrogen-bond acceptors (Lipinski definition) is 11. The van der Waals surface area contributed by atoms with Gasteiger partial charge in [0.25, 0.3) is 0 Å². The van der Waals surface area contributed by atoms with Gasteiger partial charge in [0.15, 0.2) is 11.5 Å². The Bertz CT molecular complexity index is 944. The maximum absolute atomic E-state index is 5.51. The Balaban J connectivity index is 1.58. The van der Waals surface area contributed by atoms with Gasteiger partial charge in [0.1, 0.15) is 0 Å². The van der Waals surface area contributed by atoms with Crippen molar-refractivity contribution in [1.29, 1.82) is 0 Å². The molecule has 11 nitrogen and oxygen atoms in total. The highest BCUT2D eigenvalue weighted by atomic mass is 16.5. The summed E-state index contributed by atoms with van der Waals surface area (Å²) in [6.45, 7) is 4.69. The minimum absolute atomic E-state index is 0.388. The van der Waals surface area contributed by atoms with Gasteiger partial charge in [-0.25, -0.2) is 5.43 Å². The predicted octanol–water partition coefficient (Wildman–Crippen LogP) is 1.78. The first-order valence-corrected chi connectivity index (χ1v) is 10.6. The second kappa shape index (κ2) is 10.3. The summed E-state index contributed by atoms with van der Waals surface area (Å²) >= 11 is 0. The van der Waals surface area contributed by atoms with E-state index in [9.17, 15) is 0 Å². The van der Waals surface area contributed by atoms with Crippen molar-refractivity contribution in [2.75, 3.05) is 75.9 Å². The molecule has 0 atom stereocenters. The largest absolute Gasteiger partial charge is 0.493 e. The Morgan fingerprint density at radius 1 is 0.875 bits per heavy atom. The number of benzene rings is 1. The average Bonchev–Trinajstić information content (AvgIpc) is 3.39. The van der Waals surface area contributed by atoms with Gasteiger partial charge in [0, 0.05) is 31.7 Å². The lowest BCUT2D eigenvalue weighted by Gasteiger charge is -2.27. The Morgan fingerprint density at radius 3 is 2.16 bits per heavy atom. The van der Waals surface area contributed by atoms with Crippen LogP contribution in [0.4, 0.5) is 17.8 Å². The highest BCUT2D eigenvalue weighted by Crippen LogP contribution is 2.39. The molecule has 1 aromatic heterocycles. The van der Waals surface area contributed by atoms with E-state index in [4.69, 9.17) is 23.9 Å². The lowest BCUT2D eigenvalue weighted by atomic mass is 10.2. The Morgan fingerprint density at radius 2 is 1.53 bits per heavy atom. The molecule has 172 valence electrons. The van der Waals surface area contributed by atoms with Crippen LogP contribution in [0.1, 0.15) is 18.4 Å². The molecule has 0 amide bonds. The van der Waals surface area contributed by atoms with Crippen LogP contribution in [0, 0.1) is 0 Å². The van der Waals surface area contributed by atoms with E-state index >= 15 is 0 Å². The van der Waals surface area contributed by atoms with Gasteiger partial charge in [-0.2, -0.15) is 20.1 Å². The Hall–Kier alpha value is -3.34. The first kappa shape index (κ1) is 21.9. The zero-order chi connectivity index (χ0) is 22.3. The molecular formula is C21H29N7O4. The van der Waals surface area contributed by atoms with Crippen LogP contribution in [0.5, 0.6) is 17.2 Å². The van der Waals surface area contributed by atoms with E-state index in [0.29, 0.717) is 48.3 Å². The van der Waals surface area contributed by atoms with Gasteiger partial charge in [-0.3, -0.25) is 0 Å². The molecule has 0 saturated carbocycles. The van der Waals surface area contributed by atoms with Gasteiger partial charge in [0.2, 0.25) is 23.6 Å². The standard InChI is InChI=1S/C21H29N7O4/c1-29-16-7-6-15(17(30-2)18(16)31-3)14-22-26-19-23-20(27-8-4-5-9-27)25-21(24-19)28-10-12-32-13-11-28/h6-7,14H,4-5,8-13H2,1-3H3,(H,23,24,25,26)/b22-14+. The molecule has 0 bridgehead atoms. The quantitative estimate of drug-likeness (QED) is 0.479. The number of methoxy groups -OCH3 is 3. The summed E-state index contributed by atoms with van der Waals surface area (Å²) in [5, 5.41) is 4.34. The third-order valence-electron chi connectivity index (χ3n) is 5.40. The lowest BCUT2D eigenvalue weighted by Crippen LogP contribution is -2.38. The maximum Gasteiger partial charge on any atom is 0.250 e. The average molecular weight is 444 g/mol. The van der Waals surface area contributed by atoms with E-state index in [0.717, 1.165) is 44.6 Å². The maximum atomic E-state index is 5.51. The van der Waals surface area contributed by atoms with E-state index in [1.54, 1.807) is 33.6 Å². The van der Waals surface area contributed by atoms with E-state index in [2.05, 4.69) is 30.3 Å². The SMILES string of the molecule is COc1ccc(/C=N/Nc2nc(N3CCCC3)nc(N3CCOCC3)n2)c(OC)c1OC. The van der Waals surface area contributed by atoms with Crippen LogP contribution < -0.4 is 29.4 Å². The zero-order valence-electron chi connectivity index (χ0n) is 18.7. The van der Waals surface area contributed by atoms with Gasteiger partial charge in [-0.1, -0.05) is 0 Å². The number of nitrogens with zero attached hydrogens (tertiary/aromatic N) is 6. The summed E-state index contributed by atoms with van der Waals surface area (Å²) < 4.78 is 21.7. The van der Waals surface area contributed by atoms with E-state index in [1.165, 1.54) is 0 Å². The Kier molecular flexibility index (Phi) is 7.05. The molecular weight excluding hydrogens is 414 g/mol. The van der Waals surface area contributed by atoms with Crippen LogP contribution in [0.2, 0.25) is 0 Å². The molecule has 2 fully saturated rings. The van der Waals surface area contributed by atoms with Crippen molar-refractivity contribution in [2.24, 2.45) is 5.10 Å². The van der Waals surface area contributed by atoms with Crippen LogP contribution in [-0.4, -0.2) is 81.9 Å². The first-order valence-electron chi connectivity index (χ1n) is 10.6. The number of morpholine rings is 1. The number of hydrazone groups is 1. The molecule has 3 heterocycles. The van der Waals surface area contributed by atoms with Gasteiger partial charge in [0.05, 0.1) is 40.8 Å².